The largest absolute Gasteiger partial charge is 0.478 e. The molecule has 0 aliphatic carbocycles. The number of carboxylic acids is 1. The Balaban J connectivity index is 1.57. The summed E-state index contributed by atoms with van der Waals surface area (Å²) in [4.78, 5) is 28.7. The first kappa shape index (κ1) is 18.6. The summed E-state index contributed by atoms with van der Waals surface area (Å²) in [5, 5.41) is 10.0. The quantitative estimate of drug-likeness (QED) is 0.496. The van der Waals surface area contributed by atoms with Crippen LogP contribution in [0.4, 0.5) is 0 Å². The van der Waals surface area contributed by atoms with Gasteiger partial charge in [-0.3, -0.25) is 9.78 Å². The van der Waals surface area contributed by atoms with Gasteiger partial charge in [-0.05, 0) is 49.2 Å². The third-order valence-corrected chi connectivity index (χ3v) is 5.03. The van der Waals surface area contributed by atoms with Crippen LogP contribution >= 0.6 is 0 Å². The number of hydrogen-bond donors (Lipinski definition) is 1. The fraction of sp³-hybridized carbons (Fsp3) is 0.125. The van der Waals surface area contributed by atoms with Gasteiger partial charge in [0.2, 0.25) is 5.78 Å². The third kappa shape index (κ3) is 3.80. The first-order valence-corrected chi connectivity index (χ1v) is 9.40. The van der Waals surface area contributed by atoms with Gasteiger partial charge in [-0.25, -0.2) is 4.79 Å². The van der Waals surface area contributed by atoms with E-state index in [1.54, 1.807) is 24.4 Å². The van der Waals surface area contributed by atoms with E-state index in [9.17, 15) is 14.7 Å². The van der Waals surface area contributed by atoms with Crippen molar-refractivity contribution < 1.29 is 14.7 Å². The Morgan fingerprint density at radius 1 is 1.03 bits per heavy atom. The van der Waals surface area contributed by atoms with Crippen LogP contribution in [-0.4, -0.2) is 26.4 Å². The van der Waals surface area contributed by atoms with Crippen molar-refractivity contribution in [2.45, 2.75) is 19.9 Å². The highest BCUT2D eigenvalue weighted by atomic mass is 16.4. The zero-order chi connectivity index (χ0) is 20.4. The Morgan fingerprint density at radius 3 is 2.59 bits per heavy atom. The van der Waals surface area contributed by atoms with Crippen molar-refractivity contribution >= 4 is 22.7 Å². The van der Waals surface area contributed by atoms with Gasteiger partial charge in [-0.2, -0.15) is 0 Å². The van der Waals surface area contributed by atoms with Gasteiger partial charge in [0.25, 0.3) is 0 Å². The summed E-state index contributed by atoms with van der Waals surface area (Å²) in [7, 11) is 0. The molecule has 0 fully saturated rings. The third-order valence-electron chi connectivity index (χ3n) is 5.03. The van der Waals surface area contributed by atoms with E-state index < -0.39 is 5.97 Å². The predicted molar refractivity (Wildman–Crippen MR) is 111 cm³/mol. The number of carboxylic acid groups (broad SMARTS) is 1. The Kier molecular flexibility index (Phi) is 4.96. The highest BCUT2D eigenvalue weighted by Gasteiger charge is 2.14. The number of hydrogen-bond acceptors (Lipinski definition) is 3. The van der Waals surface area contributed by atoms with E-state index in [2.05, 4.69) is 4.98 Å². The number of carbonyl (C=O) groups is 2. The highest BCUT2D eigenvalue weighted by Crippen LogP contribution is 2.19. The Hall–Kier alpha value is -3.73. The van der Waals surface area contributed by atoms with Crippen molar-refractivity contribution in [3.05, 3.63) is 101 Å². The van der Waals surface area contributed by atoms with Crippen molar-refractivity contribution in [1.82, 2.24) is 9.55 Å². The van der Waals surface area contributed by atoms with Crippen LogP contribution in [0.15, 0.2) is 73.1 Å². The second-order valence-electron chi connectivity index (χ2n) is 7.05. The molecule has 0 radical (unpaired) electrons. The van der Waals surface area contributed by atoms with Crippen LogP contribution in [0, 0.1) is 6.92 Å². The molecule has 0 amide bonds. The summed E-state index contributed by atoms with van der Waals surface area (Å²) < 4.78 is 1.93. The lowest BCUT2D eigenvalue weighted by molar-refractivity contribution is 0.0699. The SMILES string of the molecule is Cc1ccc(C(=O)c2cccn2CCc2cnc3cccc(C(=O)O)c3c2)cc1. The molecule has 0 atom stereocenters. The zero-order valence-electron chi connectivity index (χ0n) is 16.0. The van der Waals surface area contributed by atoms with Gasteiger partial charge in [-0.1, -0.05) is 35.9 Å². The molecule has 0 saturated carbocycles. The Morgan fingerprint density at radius 2 is 1.83 bits per heavy atom. The standard InChI is InChI=1S/C24H20N2O3/c1-16-7-9-18(10-8-16)23(27)22-6-3-12-26(22)13-11-17-14-20-19(24(28)29)4-2-5-21(20)25-15-17/h2-10,12,14-15H,11,13H2,1H3,(H,28,29). The molecule has 144 valence electrons. The number of nitrogens with zero attached hydrogens (tertiary/aromatic N) is 2. The van der Waals surface area contributed by atoms with Crippen molar-refractivity contribution in [3.63, 3.8) is 0 Å². The van der Waals surface area contributed by atoms with E-state index in [-0.39, 0.29) is 11.3 Å². The molecule has 0 aliphatic heterocycles. The summed E-state index contributed by atoms with van der Waals surface area (Å²) >= 11 is 0. The number of aromatic carboxylic acids is 1. The summed E-state index contributed by atoms with van der Waals surface area (Å²) in [5.41, 5.74) is 4.23. The van der Waals surface area contributed by atoms with Gasteiger partial charge in [0.1, 0.15) is 0 Å². The smallest absolute Gasteiger partial charge is 0.336 e. The van der Waals surface area contributed by atoms with E-state index in [0.717, 1.165) is 11.1 Å². The molecule has 4 aromatic rings. The number of carbonyl (C=O) groups excluding carboxylic acids is 1. The molecule has 2 aromatic carbocycles. The molecular weight excluding hydrogens is 364 g/mol. The molecule has 5 heteroatoms. The normalized spacial score (nSPS) is 10.9. The molecule has 0 spiro atoms. The molecule has 0 bridgehead atoms. The lowest BCUT2D eigenvalue weighted by atomic mass is 10.0. The van der Waals surface area contributed by atoms with Crippen LogP contribution in [0.2, 0.25) is 0 Å². The monoisotopic (exact) mass is 384 g/mol. The molecule has 0 saturated heterocycles. The molecule has 2 heterocycles. The van der Waals surface area contributed by atoms with Crippen LogP contribution in [0.1, 0.15) is 37.5 Å². The average molecular weight is 384 g/mol. The first-order chi connectivity index (χ1) is 14.0. The number of aromatic nitrogens is 2. The van der Waals surface area contributed by atoms with Crippen LogP contribution in [-0.2, 0) is 13.0 Å². The van der Waals surface area contributed by atoms with Gasteiger partial charge < -0.3 is 9.67 Å². The Bertz CT molecular complexity index is 1210. The fourth-order valence-electron chi connectivity index (χ4n) is 3.43. The van der Waals surface area contributed by atoms with Crippen molar-refractivity contribution in [1.29, 1.82) is 0 Å². The highest BCUT2D eigenvalue weighted by molar-refractivity contribution is 6.08. The van der Waals surface area contributed by atoms with Gasteiger partial charge in [0, 0.05) is 29.9 Å². The molecule has 29 heavy (non-hydrogen) atoms. The fourth-order valence-corrected chi connectivity index (χ4v) is 3.43. The maximum Gasteiger partial charge on any atom is 0.336 e. The molecule has 2 aromatic heterocycles. The van der Waals surface area contributed by atoms with Crippen molar-refractivity contribution in [3.8, 4) is 0 Å². The molecule has 1 N–H and O–H groups in total. The first-order valence-electron chi connectivity index (χ1n) is 9.40. The second-order valence-corrected chi connectivity index (χ2v) is 7.05. The minimum absolute atomic E-state index is 0.0141. The topological polar surface area (TPSA) is 72.2 Å². The van der Waals surface area contributed by atoms with Crippen LogP contribution in [0.25, 0.3) is 10.9 Å². The molecular formula is C24H20N2O3. The second kappa shape index (κ2) is 7.72. The summed E-state index contributed by atoms with van der Waals surface area (Å²) in [6.07, 6.45) is 4.29. The van der Waals surface area contributed by atoms with E-state index >= 15 is 0 Å². The van der Waals surface area contributed by atoms with Gasteiger partial charge in [0.05, 0.1) is 16.8 Å². The van der Waals surface area contributed by atoms with Crippen molar-refractivity contribution in [2.75, 3.05) is 0 Å². The van der Waals surface area contributed by atoms with E-state index in [0.29, 0.717) is 35.1 Å². The zero-order valence-corrected chi connectivity index (χ0v) is 16.0. The van der Waals surface area contributed by atoms with Crippen molar-refractivity contribution in [2.24, 2.45) is 0 Å². The number of pyridine rings is 1. The molecule has 0 aliphatic rings. The van der Waals surface area contributed by atoms with E-state index in [1.165, 1.54) is 0 Å². The van der Waals surface area contributed by atoms with Gasteiger partial charge in [-0.15, -0.1) is 0 Å². The number of aryl methyl sites for hydroxylation is 3. The summed E-state index contributed by atoms with van der Waals surface area (Å²) in [6.45, 7) is 2.59. The summed E-state index contributed by atoms with van der Waals surface area (Å²) in [5.74, 6) is -0.981. The van der Waals surface area contributed by atoms with Crippen LogP contribution in [0.3, 0.4) is 0 Å². The Labute approximate surface area is 168 Å². The number of ketones is 1. The molecule has 0 unspecified atom stereocenters. The maximum absolute atomic E-state index is 12.8. The number of benzene rings is 2. The van der Waals surface area contributed by atoms with Crippen LogP contribution in [0.5, 0.6) is 0 Å². The van der Waals surface area contributed by atoms with E-state index in [1.807, 2.05) is 60.2 Å². The molecule has 4 rings (SSSR count). The number of fused-ring (bicyclic) bond motifs is 1. The summed E-state index contributed by atoms with van der Waals surface area (Å²) in [6, 6.07) is 18.2. The lowest BCUT2D eigenvalue weighted by Gasteiger charge is -2.10. The minimum Gasteiger partial charge on any atom is -0.478 e. The number of rotatable bonds is 6. The maximum atomic E-state index is 12.8. The average Bonchev–Trinajstić information content (AvgIpc) is 3.20. The minimum atomic E-state index is -0.967. The molecule has 5 nitrogen and oxygen atoms in total. The van der Waals surface area contributed by atoms with E-state index in [4.69, 9.17) is 0 Å². The van der Waals surface area contributed by atoms with Crippen LogP contribution < -0.4 is 0 Å². The predicted octanol–water partition coefficient (Wildman–Crippen LogP) is 4.52. The van der Waals surface area contributed by atoms with Gasteiger partial charge >= 0.3 is 5.97 Å². The lowest BCUT2D eigenvalue weighted by Crippen LogP contribution is -2.11. The van der Waals surface area contributed by atoms with Gasteiger partial charge in [0.15, 0.2) is 0 Å².